The van der Waals surface area contributed by atoms with E-state index in [1.165, 1.54) is 38.4 Å². The zero-order valence-corrected chi connectivity index (χ0v) is 19.4. The van der Waals surface area contributed by atoms with Crippen molar-refractivity contribution in [2.24, 2.45) is 0 Å². The van der Waals surface area contributed by atoms with E-state index in [0.717, 1.165) is 42.9 Å². The number of halogens is 3. The van der Waals surface area contributed by atoms with Crippen molar-refractivity contribution in [2.45, 2.75) is 51.4 Å². The molecule has 1 atom stereocenters. The highest BCUT2D eigenvalue weighted by atomic mass is 19.4. The number of rotatable bonds is 5. The molecule has 186 valence electrons. The van der Waals surface area contributed by atoms with Crippen molar-refractivity contribution < 1.29 is 37.0 Å². The molecule has 35 heavy (non-hydrogen) atoms. The Morgan fingerprint density at radius 2 is 1.57 bits per heavy atom. The summed E-state index contributed by atoms with van der Waals surface area (Å²) in [4.78, 5) is 50.8. The van der Waals surface area contributed by atoms with Crippen LogP contribution >= 0.6 is 0 Å². The van der Waals surface area contributed by atoms with Crippen LogP contribution < -0.4 is 9.80 Å². The predicted molar refractivity (Wildman–Crippen MR) is 120 cm³/mol. The summed E-state index contributed by atoms with van der Waals surface area (Å²) in [5.41, 5.74) is -0.363. The van der Waals surface area contributed by atoms with Crippen LogP contribution in [0.4, 0.5) is 29.3 Å². The number of piperidine rings is 1. The lowest BCUT2D eigenvalue weighted by Crippen LogP contribution is -2.62. The molecule has 0 bridgehead atoms. The van der Waals surface area contributed by atoms with Crippen LogP contribution in [-0.2, 0) is 21.0 Å². The number of urea groups is 1. The van der Waals surface area contributed by atoms with Crippen molar-refractivity contribution in [1.29, 1.82) is 0 Å². The summed E-state index contributed by atoms with van der Waals surface area (Å²) < 4.78 is 38.2. The average Bonchev–Trinajstić information content (AvgIpc) is 2.97. The molecular formula is C24H26F3N4O4+. The molecule has 2 aliphatic rings. The van der Waals surface area contributed by atoms with Crippen LogP contribution in [0.3, 0.4) is 0 Å². The average molecular weight is 491 g/mol. The lowest BCUT2D eigenvalue weighted by molar-refractivity contribution is -1.06. The number of alkyl halides is 3. The number of carbonyl (C=O) groups excluding carboxylic acids is 3. The van der Waals surface area contributed by atoms with Gasteiger partial charge in [-0.25, -0.2) is 9.59 Å². The Balaban J connectivity index is 1.73. The largest absolute Gasteiger partial charge is 0.497 e. The van der Waals surface area contributed by atoms with Crippen LogP contribution in [0.1, 0.15) is 38.7 Å². The van der Waals surface area contributed by atoms with Gasteiger partial charge in [-0.1, -0.05) is 0 Å². The minimum atomic E-state index is -5.35. The molecule has 0 N–H and O–H groups in total. The number of aromatic nitrogens is 1. The molecule has 8 nitrogen and oxygen atoms in total. The van der Waals surface area contributed by atoms with Gasteiger partial charge in [0.2, 0.25) is 5.54 Å². The zero-order chi connectivity index (χ0) is 25.4. The molecule has 11 heteroatoms. The minimum Gasteiger partial charge on any atom is -0.372 e. The summed E-state index contributed by atoms with van der Waals surface area (Å²) >= 11 is 0. The molecule has 0 aliphatic carbocycles. The first kappa shape index (κ1) is 24.6. The number of hydrogen-bond acceptors (Lipinski definition) is 6. The van der Waals surface area contributed by atoms with E-state index < -0.39 is 40.8 Å². The van der Waals surface area contributed by atoms with Gasteiger partial charge in [-0.05, 0) is 60.3 Å². The first-order chi connectivity index (χ1) is 16.5. The standard InChI is InChI=1S/C24H26F3N4O4/c1-23(2)20(32)30(19-8-6-18(7-9-19)29-14-4-3-5-15-29)22(34)31(23,35-21(33)24(25,26)27)16-17-10-12-28-13-11-17/h6-13H,3-5,14-16H2,1-2H3/q+1. The second-order valence-electron chi connectivity index (χ2n) is 9.18. The van der Waals surface area contributed by atoms with Crippen LogP contribution in [-0.4, -0.2) is 52.3 Å². The maximum Gasteiger partial charge on any atom is 0.497 e. The van der Waals surface area contributed by atoms with Crippen molar-refractivity contribution >= 4 is 29.3 Å². The van der Waals surface area contributed by atoms with Crippen molar-refractivity contribution in [3.05, 3.63) is 54.4 Å². The lowest BCUT2D eigenvalue weighted by atomic mass is 10.0. The number of benzene rings is 1. The first-order valence-electron chi connectivity index (χ1n) is 11.3. The number of amides is 3. The van der Waals surface area contributed by atoms with Gasteiger partial charge in [0, 0.05) is 50.6 Å². The Kier molecular flexibility index (Phi) is 6.31. The van der Waals surface area contributed by atoms with Crippen LogP contribution in [0.2, 0.25) is 0 Å². The van der Waals surface area contributed by atoms with E-state index in [4.69, 9.17) is 4.84 Å². The van der Waals surface area contributed by atoms with Crippen molar-refractivity contribution in [2.75, 3.05) is 22.9 Å². The normalized spacial score (nSPS) is 22.4. The molecule has 0 spiro atoms. The smallest absolute Gasteiger partial charge is 0.372 e. The summed E-state index contributed by atoms with van der Waals surface area (Å²) in [6.07, 6.45) is 0.728. The van der Waals surface area contributed by atoms with Gasteiger partial charge in [-0.15, -0.1) is 0 Å². The van der Waals surface area contributed by atoms with Gasteiger partial charge < -0.3 is 4.90 Å². The first-order valence-corrected chi connectivity index (χ1v) is 11.3. The Morgan fingerprint density at radius 3 is 2.14 bits per heavy atom. The Bertz CT molecular complexity index is 1120. The molecule has 1 unspecified atom stereocenters. The van der Waals surface area contributed by atoms with Gasteiger partial charge in [0.15, 0.2) is 6.54 Å². The molecule has 1 aromatic heterocycles. The highest BCUT2D eigenvalue weighted by Crippen LogP contribution is 2.42. The molecular weight excluding hydrogens is 465 g/mol. The van der Waals surface area contributed by atoms with Crippen LogP contribution in [0, 0.1) is 0 Å². The summed E-state index contributed by atoms with van der Waals surface area (Å²) in [6, 6.07) is 8.57. The highest BCUT2D eigenvalue weighted by Gasteiger charge is 2.71. The minimum absolute atomic E-state index is 0.187. The maximum absolute atomic E-state index is 13.7. The summed E-state index contributed by atoms with van der Waals surface area (Å²) in [6.45, 7) is 3.89. The monoisotopic (exact) mass is 491 g/mol. The third-order valence-corrected chi connectivity index (χ3v) is 6.58. The van der Waals surface area contributed by atoms with E-state index in [-0.39, 0.29) is 5.69 Å². The molecule has 1 aromatic carbocycles. The SMILES string of the molecule is CC1(C)C(=O)N(c2ccc(N3CCCCC3)cc2)C(=O)[N+]1(Cc1ccncc1)OC(=O)C(F)(F)F. The molecule has 2 fully saturated rings. The molecule has 0 saturated carbocycles. The maximum atomic E-state index is 13.7. The summed E-state index contributed by atoms with van der Waals surface area (Å²) in [5.74, 6) is -3.33. The van der Waals surface area contributed by atoms with Gasteiger partial charge >= 0.3 is 24.1 Å². The third-order valence-electron chi connectivity index (χ3n) is 6.58. The number of quaternary nitrogens is 1. The topological polar surface area (TPSA) is 79.8 Å². The van der Waals surface area contributed by atoms with Crippen molar-refractivity contribution in [3.63, 3.8) is 0 Å². The van der Waals surface area contributed by atoms with Crippen LogP contribution in [0.5, 0.6) is 0 Å². The molecule has 3 heterocycles. The summed E-state index contributed by atoms with van der Waals surface area (Å²) in [5, 5.41) is 0. The van der Waals surface area contributed by atoms with Gasteiger partial charge in [0.25, 0.3) is 0 Å². The van der Waals surface area contributed by atoms with E-state index in [1.54, 1.807) is 24.3 Å². The number of anilines is 2. The van der Waals surface area contributed by atoms with Gasteiger partial charge in [-0.3, -0.25) is 14.6 Å². The van der Waals surface area contributed by atoms with E-state index in [9.17, 15) is 27.6 Å². The Morgan fingerprint density at radius 1 is 1.00 bits per heavy atom. The van der Waals surface area contributed by atoms with E-state index in [0.29, 0.717) is 5.56 Å². The number of hydrogen-bond donors (Lipinski definition) is 0. The number of pyridine rings is 1. The fourth-order valence-electron chi connectivity index (χ4n) is 4.50. The highest BCUT2D eigenvalue weighted by molar-refractivity contribution is 6.19. The molecule has 2 saturated heterocycles. The number of carbonyl (C=O) groups is 3. The van der Waals surface area contributed by atoms with E-state index in [1.807, 2.05) is 0 Å². The third kappa shape index (κ3) is 4.36. The van der Waals surface area contributed by atoms with E-state index in [2.05, 4.69) is 9.88 Å². The van der Waals surface area contributed by atoms with Crippen molar-refractivity contribution in [3.8, 4) is 0 Å². The van der Waals surface area contributed by atoms with Gasteiger partial charge in [0.05, 0.1) is 5.69 Å². The fourth-order valence-corrected chi connectivity index (χ4v) is 4.50. The molecule has 2 aliphatic heterocycles. The van der Waals surface area contributed by atoms with Crippen LogP contribution in [0.15, 0.2) is 48.8 Å². The molecule has 2 aromatic rings. The Labute approximate surface area is 200 Å². The zero-order valence-electron chi connectivity index (χ0n) is 19.4. The molecule has 4 rings (SSSR count). The van der Waals surface area contributed by atoms with Crippen LogP contribution in [0.25, 0.3) is 0 Å². The summed E-state index contributed by atoms with van der Waals surface area (Å²) in [7, 11) is 0. The van der Waals surface area contributed by atoms with Gasteiger partial charge in [-0.2, -0.15) is 18.1 Å². The number of hydroxylamine groups is 3. The second-order valence-corrected chi connectivity index (χ2v) is 9.18. The van der Waals surface area contributed by atoms with E-state index >= 15 is 0 Å². The lowest BCUT2D eigenvalue weighted by Gasteiger charge is -2.35. The molecule has 3 amide bonds. The second kappa shape index (κ2) is 8.95. The van der Waals surface area contributed by atoms with Gasteiger partial charge in [0.1, 0.15) is 0 Å². The fraction of sp³-hybridized carbons (Fsp3) is 0.417. The predicted octanol–water partition coefficient (Wildman–Crippen LogP) is 4.35. The quantitative estimate of drug-likeness (QED) is 0.457. The Hall–Kier alpha value is -3.47. The molecule has 0 radical (unpaired) electrons. The number of imide groups is 1. The van der Waals surface area contributed by atoms with Crippen molar-refractivity contribution in [1.82, 2.24) is 4.98 Å². The number of nitrogens with zero attached hydrogens (tertiary/aromatic N) is 4.